The zero-order valence-corrected chi connectivity index (χ0v) is 11.4. The maximum Gasteiger partial charge on any atom is 0.221 e. The van der Waals surface area contributed by atoms with Gasteiger partial charge in [-0.2, -0.15) is 0 Å². The van der Waals surface area contributed by atoms with Gasteiger partial charge in [-0.25, -0.2) is 0 Å². The van der Waals surface area contributed by atoms with Crippen molar-refractivity contribution in [2.24, 2.45) is 0 Å². The zero-order chi connectivity index (χ0) is 13.2. The highest BCUT2D eigenvalue weighted by atomic mass is 16.2. The quantitative estimate of drug-likeness (QED) is 0.871. The Balaban J connectivity index is 1.57. The van der Waals surface area contributed by atoms with Crippen molar-refractivity contribution in [3.63, 3.8) is 0 Å². The minimum absolute atomic E-state index is 0.200. The molecule has 102 valence electrons. The number of piperazine rings is 1. The molecule has 2 saturated heterocycles. The van der Waals surface area contributed by atoms with Gasteiger partial charge in [-0.1, -0.05) is 17.7 Å². The Hall–Kier alpha value is -1.55. The number of amides is 1. The lowest BCUT2D eigenvalue weighted by atomic mass is 10.2. The Morgan fingerprint density at radius 3 is 2.37 bits per heavy atom. The molecule has 1 atom stereocenters. The Morgan fingerprint density at radius 1 is 1.11 bits per heavy atom. The highest BCUT2D eigenvalue weighted by Crippen LogP contribution is 2.19. The van der Waals surface area contributed by atoms with Crippen LogP contribution in [0.2, 0.25) is 0 Å². The van der Waals surface area contributed by atoms with Gasteiger partial charge in [0, 0.05) is 38.3 Å². The fourth-order valence-corrected chi connectivity index (χ4v) is 2.92. The fraction of sp³-hybridized carbons (Fsp3) is 0.533. The van der Waals surface area contributed by atoms with E-state index in [2.05, 4.69) is 46.3 Å². The lowest BCUT2D eigenvalue weighted by Crippen LogP contribution is -2.53. The second-order valence-electron chi connectivity index (χ2n) is 5.48. The average molecular weight is 259 g/mol. The van der Waals surface area contributed by atoms with E-state index in [0.29, 0.717) is 6.42 Å². The molecule has 2 fully saturated rings. The summed E-state index contributed by atoms with van der Waals surface area (Å²) in [5, 5.41) is 3.05. The van der Waals surface area contributed by atoms with E-state index in [1.165, 1.54) is 11.3 Å². The minimum atomic E-state index is 0.200. The highest BCUT2D eigenvalue weighted by Gasteiger charge is 2.29. The number of carbonyl (C=O) groups excluding carboxylic acids is 1. The van der Waals surface area contributed by atoms with Crippen molar-refractivity contribution in [3.8, 4) is 0 Å². The Labute approximate surface area is 114 Å². The summed E-state index contributed by atoms with van der Waals surface area (Å²) in [6.07, 6.45) is 1.92. The molecule has 3 rings (SSSR count). The molecule has 0 spiro atoms. The van der Waals surface area contributed by atoms with Crippen molar-refractivity contribution in [1.29, 1.82) is 0 Å². The van der Waals surface area contributed by atoms with E-state index in [1.807, 2.05) is 0 Å². The second kappa shape index (κ2) is 5.21. The highest BCUT2D eigenvalue weighted by molar-refractivity contribution is 5.78. The molecule has 1 aromatic rings. The van der Waals surface area contributed by atoms with Crippen LogP contribution in [0.3, 0.4) is 0 Å². The molecule has 0 saturated carbocycles. The maximum absolute atomic E-state index is 11.3. The third kappa shape index (κ3) is 2.73. The van der Waals surface area contributed by atoms with Gasteiger partial charge >= 0.3 is 0 Å². The number of nitrogens with one attached hydrogen (secondary N) is 1. The summed E-state index contributed by atoms with van der Waals surface area (Å²) in [5.74, 6) is 0.200. The van der Waals surface area contributed by atoms with Crippen LogP contribution in [0.4, 0.5) is 5.69 Å². The summed E-state index contributed by atoms with van der Waals surface area (Å²) in [6.45, 7) is 6.24. The molecular formula is C15H21N3O. The van der Waals surface area contributed by atoms with Crippen molar-refractivity contribution < 1.29 is 4.79 Å². The first-order valence-electron chi connectivity index (χ1n) is 7.07. The number of rotatable bonds is 2. The average Bonchev–Trinajstić information content (AvgIpc) is 2.87. The molecule has 2 heterocycles. The molecule has 1 aromatic carbocycles. The van der Waals surface area contributed by atoms with Gasteiger partial charge in [-0.15, -0.1) is 0 Å². The van der Waals surface area contributed by atoms with E-state index < -0.39 is 0 Å². The van der Waals surface area contributed by atoms with Gasteiger partial charge in [-0.05, 0) is 25.5 Å². The lowest BCUT2D eigenvalue weighted by Gasteiger charge is -2.38. The molecule has 2 aliphatic heterocycles. The minimum Gasteiger partial charge on any atom is -0.369 e. The van der Waals surface area contributed by atoms with Crippen molar-refractivity contribution in [2.45, 2.75) is 25.9 Å². The molecule has 0 aromatic heterocycles. The largest absolute Gasteiger partial charge is 0.369 e. The first-order valence-corrected chi connectivity index (χ1v) is 7.07. The number of anilines is 1. The molecule has 1 unspecified atom stereocenters. The molecular weight excluding hydrogens is 238 g/mol. The number of benzene rings is 1. The summed E-state index contributed by atoms with van der Waals surface area (Å²) in [5.41, 5.74) is 2.61. The number of aryl methyl sites for hydroxylation is 1. The molecule has 0 radical (unpaired) electrons. The third-order valence-corrected chi connectivity index (χ3v) is 4.13. The molecule has 0 bridgehead atoms. The molecule has 0 aliphatic carbocycles. The van der Waals surface area contributed by atoms with Gasteiger partial charge in [0.2, 0.25) is 5.91 Å². The molecule has 2 aliphatic rings. The third-order valence-electron chi connectivity index (χ3n) is 4.13. The van der Waals surface area contributed by atoms with Crippen LogP contribution in [0, 0.1) is 6.92 Å². The molecule has 4 heteroatoms. The first kappa shape index (κ1) is 12.5. The predicted molar refractivity (Wildman–Crippen MR) is 76.1 cm³/mol. The van der Waals surface area contributed by atoms with Gasteiger partial charge in [0.05, 0.1) is 6.17 Å². The maximum atomic E-state index is 11.3. The van der Waals surface area contributed by atoms with Crippen LogP contribution < -0.4 is 10.2 Å². The van der Waals surface area contributed by atoms with Crippen LogP contribution in [0.5, 0.6) is 0 Å². The van der Waals surface area contributed by atoms with Crippen LogP contribution in [0.1, 0.15) is 18.4 Å². The van der Waals surface area contributed by atoms with E-state index in [4.69, 9.17) is 0 Å². The summed E-state index contributed by atoms with van der Waals surface area (Å²) in [4.78, 5) is 16.1. The van der Waals surface area contributed by atoms with E-state index >= 15 is 0 Å². The van der Waals surface area contributed by atoms with Gasteiger partial charge in [0.15, 0.2) is 0 Å². The van der Waals surface area contributed by atoms with Gasteiger partial charge < -0.3 is 10.2 Å². The second-order valence-corrected chi connectivity index (χ2v) is 5.48. The van der Waals surface area contributed by atoms with Crippen LogP contribution in [-0.2, 0) is 4.79 Å². The van der Waals surface area contributed by atoms with Crippen LogP contribution in [-0.4, -0.2) is 43.2 Å². The molecule has 1 N–H and O–H groups in total. The van der Waals surface area contributed by atoms with Crippen LogP contribution in [0.15, 0.2) is 24.3 Å². The Bertz CT molecular complexity index is 449. The van der Waals surface area contributed by atoms with Crippen molar-refractivity contribution >= 4 is 11.6 Å². The van der Waals surface area contributed by atoms with E-state index in [-0.39, 0.29) is 12.1 Å². The lowest BCUT2D eigenvalue weighted by molar-refractivity contribution is -0.119. The van der Waals surface area contributed by atoms with E-state index in [0.717, 1.165) is 32.6 Å². The van der Waals surface area contributed by atoms with Crippen LogP contribution in [0.25, 0.3) is 0 Å². The zero-order valence-electron chi connectivity index (χ0n) is 11.4. The van der Waals surface area contributed by atoms with Gasteiger partial charge in [-0.3, -0.25) is 9.69 Å². The smallest absolute Gasteiger partial charge is 0.221 e. The number of carbonyl (C=O) groups is 1. The topological polar surface area (TPSA) is 35.6 Å². The summed E-state index contributed by atoms with van der Waals surface area (Å²) in [7, 11) is 0. The summed E-state index contributed by atoms with van der Waals surface area (Å²) < 4.78 is 0. The summed E-state index contributed by atoms with van der Waals surface area (Å²) >= 11 is 0. The van der Waals surface area contributed by atoms with E-state index in [1.54, 1.807) is 0 Å². The molecule has 4 nitrogen and oxygen atoms in total. The van der Waals surface area contributed by atoms with Crippen molar-refractivity contribution in [2.75, 3.05) is 31.1 Å². The number of nitrogens with zero attached hydrogens (tertiary/aromatic N) is 2. The standard InChI is InChI=1S/C15H21N3O/c1-12-2-4-13(5-3-12)17-8-10-18(11-9-17)14-6-7-15(19)16-14/h2-5,14H,6-11H2,1H3,(H,16,19). The summed E-state index contributed by atoms with van der Waals surface area (Å²) in [6, 6.07) is 8.72. The van der Waals surface area contributed by atoms with Crippen molar-refractivity contribution in [3.05, 3.63) is 29.8 Å². The van der Waals surface area contributed by atoms with Crippen LogP contribution >= 0.6 is 0 Å². The number of hydrogen-bond donors (Lipinski definition) is 1. The normalized spacial score (nSPS) is 24.6. The SMILES string of the molecule is Cc1ccc(N2CCN(C3CCC(=O)N3)CC2)cc1. The van der Waals surface area contributed by atoms with Gasteiger partial charge in [0.1, 0.15) is 0 Å². The number of hydrogen-bond acceptors (Lipinski definition) is 3. The molecule has 1 amide bonds. The van der Waals surface area contributed by atoms with Gasteiger partial charge in [0.25, 0.3) is 0 Å². The first-order chi connectivity index (χ1) is 9.22. The predicted octanol–water partition coefficient (Wildman–Crippen LogP) is 1.35. The van der Waals surface area contributed by atoms with E-state index in [9.17, 15) is 4.79 Å². The molecule has 19 heavy (non-hydrogen) atoms. The monoisotopic (exact) mass is 259 g/mol. The van der Waals surface area contributed by atoms with Crippen molar-refractivity contribution in [1.82, 2.24) is 10.2 Å². The fourth-order valence-electron chi connectivity index (χ4n) is 2.92. The Kier molecular flexibility index (Phi) is 3.42. The Morgan fingerprint density at radius 2 is 1.79 bits per heavy atom.